The summed E-state index contributed by atoms with van der Waals surface area (Å²) in [5.41, 5.74) is 2.49. The van der Waals surface area contributed by atoms with Gasteiger partial charge >= 0.3 is 0 Å². The summed E-state index contributed by atoms with van der Waals surface area (Å²) >= 11 is 5.26. The van der Waals surface area contributed by atoms with Crippen molar-refractivity contribution in [1.29, 1.82) is 0 Å². The molecule has 0 spiro atoms. The maximum absolute atomic E-state index is 5.26. The van der Waals surface area contributed by atoms with Crippen LogP contribution in [0.15, 0.2) is 42.1 Å². The van der Waals surface area contributed by atoms with Gasteiger partial charge in [-0.2, -0.15) is 0 Å². The number of ether oxygens (including phenoxy) is 1. The van der Waals surface area contributed by atoms with Crippen LogP contribution in [0.25, 0.3) is 0 Å². The molecule has 1 nitrogen and oxygen atoms in total. The van der Waals surface area contributed by atoms with Crippen molar-refractivity contribution in [3.63, 3.8) is 0 Å². The summed E-state index contributed by atoms with van der Waals surface area (Å²) in [4.78, 5) is 0. The molecule has 0 heterocycles. The van der Waals surface area contributed by atoms with Crippen LogP contribution in [-0.2, 0) is 11.3 Å². The molecule has 0 fully saturated rings. The van der Waals surface area contributed by atoms with Crippen molar-refractivity contribution in [2.24, 2.45) is 0 Å². The van der Waals surface area contributed by atoms with Gasteiger partial charge in [-0.05, 0) is 5.56 Å². The molecule has 0 aliphatic rings. The molecule has 2 heteroatoms. The first-order valence-corrected chi connectivity index (χ1v) is 3.78. The Morgan fingerprint density at radius 2 is 2.00 bits per heavy atom. The lowest BCUT2D eigenvalue weighted by molar-refractivity contribution is 0.237. The molecular weight excluding hydrogens is 160 g/mol. The first kappa shape index (κ1) is 8.15. The van der Waals surface area contributed by atoms with Gasteiger partial charge in [0, 0.05) is 5.54 Å². The molecule has 0 aliphatic carbocycles. The normalized spacial score (nSPS) is 10.3. The van der Waals surface area contributed by atoms with Crippen LogP contribution in [0.4, 0.5) is 0 Å². The van der Waals surface area contributed by atoms with Gasteiger partial charge in [-0.25, -0.2) is 0 Å². The first-order valence-electron chi connectivity index (χ1n) is 3.34. The third kappa shape index (κ3) is 3.10. The fraction of sp³-hybridized carbons (Fsp3) is 0.111. The predicted molar refractivity (Wildman–Crippen MR) is 46.2 cm³/mol. The average molecular weight is 169 g/mol. The van der Waals surface area contributed by atoms with E-state index >= 15 is 0 Å². The monoisotopic (exact) mass is 168 g/mol. The molecule has 11 heavy (non-hydrogen) atoms. The Balaban J connectivity index is 2.39. The second-order valence-electron chi connectivity index (χ2n) is 2.06. The highest BCUT2D eigenvalue weighted by Gasteiger charge is 1.86. The van der Waals surface area contributed by atoms with E-state index in [2.05, 4.69) is 0 Å². The van der Waals surface area contributed by atoms with E-state index in [0.717, 1.165) is 5.56 Å². The van der Waals surface area contributed by atoms with Crippen molar-refractivity contribution in [3.05, 3.63) is 47.7 Å². The summed E-state index contributed by atoms with van der Waals surface area (Å²) in [7, 11) is 0. The molecule has 0 aromatic heterocycles. The number of benzene rings is 1. The van der Waals surface area contributed by atoms with Gasteiger partial charge in [0.05, 0.1) is 6.26 Å². The molecule has 0 aliphatic heterocycles. The van der Waals surface area contributed by atoms with E-state index in [1.165, 1.54) is 11.8 Å². The van der Waals surface area contributed by atoms with Crippen LogP contribution in [0, 0.1) is 0 Å². The molecule has 1 aromatic carbocycles. The number of hydrogen-bond acceptors (Lipinski definition) is 1. The highest BCUT2D eigenvalue weighted by Crippen LogP contribution is 2.00. The van der Waals surface area contributed by atoms with Gasteiger partial charge in [0.15, 0.2) is 0 Å². The van der Waals surface area contributed by atoms with Gasteiger partial charge in [0.1, 0.15) is 6.61 Å². The number of hydrogen-bond donors (Lipinski definition) is 0. The Morgan fingerprint density at radius 3 is 2.64 bits per heavy atom. The van der Waals surface area contributed by atoms with Crippen LogP contribution in [0.5, 0.6) is 0 Å². The van der Waals surface area contributed by atoms with Gasteiger partial charge in [-0.15, -0.1) is 0 Å². The summed E-state index contributed by atoms with van der Waals surface area (Å²) in [6, 6.07) is 9.93. The molecule has 1 rings (SSSR count). The van der Waals surface area contributed by atoms with Crippen LogP contribution in [0.2, 0.25) is 0 Å². The molecule has 58 valence electrons. The molecule has 0 radical (unpaired) electrons. The van der Waals surface area contributed by atoms with Crippen LogP contribution in [-0.4, -0.2) is 0 Å². The fourth-order valence-electron chi connectivity index (χ4n) is 0.755. The Kier molecular flexibility index (Phi) is 3.56. The van der Waals surface area contributed by atoms with Crippen LogP contribution < -0.4 is 0 Å². The van der Waals surface area contributed by atoms with Crippen molar-refractivity contribution in [1.82, 2.24) is 0 Å². The van der Waals surface area contributed by atoms with E-state index in [1.807, 2.05) is 30.3 Å². The minimum atomic E-state index is 0.573. The predicted octanol–water partition coefficient (Wildman–Crippen LogP) is 2.91. The SMILES string of the molecule is Cl/C=C\OCc1ccccc1. The van der Waals surface area contributed by atoms with E-state index < -0.39 is 0 Å². The Labute approximate surface area is 71.3 Å². The van der Waals surface area contributed by atoms with Crippen molar-refractivity contribution in [2.75, 3.05) is 0 Å². The van der Waals surface area contributed by atoms with E-state index in [1.54, 1.807) is 0 Å². The van der Waals surface area contributed by atoms with Crippen LogP contribution >= 0.6 is 11.6 Å². The van der Waals surface area contributed by atoms with E-state index in [9.17, 15) is 0 Å². The third-order valence-corrected chi connectivity index (χ3v) is 1.34. The quantitative estimate of drug-likeness (QED) is 0.631. The molecule has 0 unspecified atom stereocenters. The second-order valence-corrected chi connectivity index (χ2v) is 2.31. The highest BCUT2D eigenvalue weighted by molar-refractivity contribution is 6.25. The van der Waals surface area contributed by atoms with Crippen molar-refractivity contribution < 1.29 is 4.74 Å². The van der Waals surface area contributed by atoms with Crippen LogP contribution in [0.1, 0.15) is 5.56 Å². The molecule has 1 aromatic rings. The van der Waals surface area contributed by atoms with E-state index in [0.29, 0.717) is 6.61 Å². The van der Waals surface area contributed by atoms with Crippen LogP contribution in [0.3, 0.4) is 0 Å². The zero-order valence-corrected chi connectivity index (χ0v) is 6.79. The Morgan fingerprint density at radius 1 is 1.27 bits per heavy atom. The zero-order valence-electron chi connectivity index (χ0n) is 6.03. The zero-order chi connectivity index (χ0) is 7.94. The van der Waals surface area contributed by atoms with E-state index in [4.69, 9.17) is 16.3 Å². The van der Waals surface area contributed by atoms with Gasteiger partial charge < -0.3 is 4.74 Å². The topological polar surface area (TPSA) is 9.23 Å². The lowest BCUT2D eigenvalue weighted by atomic mass is 10.2. The number of rotatable bonds is 3. The Hall–Kier alpha value is -0.950. The first-order chi connectivity index (χ1) is 5.43. The number of halogens is 1. The van der Waals surface area contributed by atoms with Crippen molar-refractivity contribution in [3.8, 4) is 0 Å². The highest BCUT2D eigenvalue weighted by atomic mass is 35.5. The van der Waals surface area contributed by atoms with Crippen molar-refractivity contribution >= 4 is 11.6 Å². The minimum Gasteiger partial charge on any atom is -0.496 e. The molecule has 0 atom stereocenters. The maximum atomic E-state index is 5.26. The maximum Gasteiger partial charge on any atom is 0.112 e. The molecule has 0 bridgehead atoms. The lowest BCUT2D eigenvalue weighted by Gasteiger charge is -1.98. The average Bonchev–Trinajstić information content (AvgIpc) is 2.07. The third-order valence-electron chi connectivity index (χ3n) is 1.24. The smallest absolute Gasteiger partial charge is 0.112 e. The van der Waals surface area contributed by atoms with Gasteiger partial charge in [-0.3, -0.25) is 0 Å². The standard InChI is InChI=1S/C9H9ClO/c10-6-7-11-8-9-4-2-1-3-5-9/h1-7H,8H2/b7-6-. The van der Waals surface area contributed by atoms with Gasteiger partial charge in [-0.1, -0.05) is 41.9 Å². The molecule has 0 N–H and O–H groups in total. The van der Waals surface area contributed by atoms with Gasteiger partial charge in [0.25, 0.3) is 0 Å². The summed E-state index contributed by atoms with van der Waals surface area (Å²) in [5.74, 6) is 0. The molecule has 0 saturated heterocycles. The minimum absolute atomic E-state index is 0.573. The van der Waals surface area contributed by atoms with Gasteiger partial charge in [0.2, 0.25) is 0 Å². The second kappa shape index (κ2) is 4.80. The lowest BCUT2D eigenvalue weighted by Crippen LogP contribution is -1.83. The summed E-state index contributed by atoms with van der Waals surface area (Å²) in [6.07, 6.45) is 1.47. The Bertz CT molecular complexity index is 218. The van der Waals surface area contributed by atoms with E-state index in [-0.39, 0.29) is 0 Å². The van der Waals surface area contributed by atoms with Crippen molar-refractivity contribution in [2.45, 2.75) is 6.61 Å². The molecule has 0 amide bonds. The molecule has 0 saturated carbocycles. The fourth-order valence-corrected chi connectivity index (χ4v) is 0.828. The molecular formula is C9H9ClO. The summed E-state index contributed by atoms with van der Waals surface area (Å²) in [6.45, 7) is 0.573. The summed E-state index contributed by atoms with van der Waals surface area (Å²) < 4.78 is 5.06. The summed E-state index contributed by atoms with van der Waals surface area (Å²) in [5, 5.41) is 0. The largest absolute Gasteiger partial charge is 0.496 e.